The SMILES string of the molecule is CCC1NC(CC(C)C)N(CC(C)(C)C(C)C)C1=O. The summed E-state index contributed by atoms with van der Waals surface area (Å²) >= 11 is 0. The fourth-order valence-electron chi connectivity index (χ4n) is 2.49. The first kappa shape index (κ1) is 16.5. The summed E-state index contributed by atoms with van der Waals surface area (Å²) in [6, 6.07) is 0.0201. The molecule has 2 atom stereocenters. The molecule has 1 saturated heterocycles. The Labute approximate surface area is 119 Å². The van der Waals surface area contributed by atoms with Crippen LogP contribution in [0.4, 0.5) is 0 Å². The van der Waals surface area contributed by atoms with E-state index in [1.165, 1.54) is 0 Å². The van der Waals surface area contributed by atoms with E-state index in [0.717, 1.165) is 19.4 Å². The minimum Gasteiger partial charge on any atom is -0.325 e. The molecule has 1 amide bonds. The molecule has 1 fully saturated rings. The number of amides is 1. The van der Waals surface area contributed by atoms with Gasteiger partial charge in [-0.25, -0.2) is 0 Å². The largest absolute Gasteiger partial charge is 0.325 e. The Morgan fingerprint density at radius 3 is 2.26 bits per heavy atom. The van der Waals surface area contributed by atoms with Gasteiger partial charge in [0.2, 0.25) is 5.91 Å². The zero-order valence-electron chi connectivity index (χ0n) is 13.8. The van der Waals surface area contributed by atoms with Crippen LogP contribution < -0.4 is 5.32 Å². The third kappa shape index (κ3) is 3.95. The second kappa shape index (κ2) is 6.25. The molecule has 0 aromatic heterocycles. The minimum atomic E-state index is 0.0201. The normalized spacial score (nSPS) is 24.9. The minimum absolute atomic E-state index is 0.0201. The maximum atomic E-state index is 12.5. The van der Waals surface area contributed by atoms with Crippen LogP contribution in [-0.2, 0) is 4.79 Å². The van der Waals surface area contributed by atoms with Gasteiger partial charge in [-0.15, -0.1) is 0 Å². The lowest BCUT2D eigenvalue weighted by atomic mass is 9.80. The van der Waals surface area contributed by atoms with Gasteiger partial charge in [0, 0.05) is 6.54 Å². The van der Waals surface area contributed by atoms with Crippen molar-refractivity contribution in [2.24, 2.45) is 17.3 Å². The van der Waals surface area contributed by atoms with E-state index in [9.17, 15) is 4.79 Å². The molecule has 1 rings (SSSR count). The van der Waals surface area contributed by atoms with Crippen LogP contribution >= 0.6 is 0 Å². The van der Waals surface area contributed by atoms with Crippen molar-refractivity contribution in [2.75, 3.05) is 6.54 Å². The molecule has 2 unspecified atom stereocenters. The van der Waals surface area contributed by atoms with Gasteiger partial charge < -0.3 is 4.90 Å². The lowest BCUT2D eigenvalue weighted by Crippen LogP contribution is -2.45. The second-order valence-electron chi connectivity index (χ2n) is 7.38. The predicted octanol–water partition coefficient (Wildman–Crippen LogP) is 3.25. The molecule has 0 bridgehead atoms. The Bertz CT molecular complexity index is 310. The van der Waals surface area contributed by atoms with Gasteiger partial charge >= 0.3 is 0 Å². The van der Waals surface area contributed by atoms with Crippen LogP contribution in [0.5, 0.6) is 0 Å². The van der Waals surface area contributed by atoms with Crippen molar-refractivity contribution in [1.82, 2.24) is 10.2 Å². The van der Waals surface area contributed by atoms with Gasteiger partial charge in [-0.05, 0) is 30.1 Å². The molecule has 0 saturated carbocycles. The molecular weight excluding hydrogens is 236 g/mol. The first-order chi connectivity index (χ1) is 8.69. The first-order valence-corrected chi connectivity index (χ1v) is 7.75. The highest BCUT2D eigenvalue weighted by molar-refractivity contribution is 5.84. The first-order valence-electron chi connectivity index (χ1n) is 7.75. The van der Waals surface area contributed by atoms with E-state index in [1.807, 2.05) is 0 Å². The topological polar surface area (TPSA) is 32.3 Å². The molecule has 1 aliphatic rings. The van der Waals surface area contributed by atoms with Crippen molar-refractivity contribution in [2.45, 2.75) is 73.5 Å². The summed E-state index contributed by atoms with van der Waals surface area (Å²) in [4.78, 5) is 14.6. The molecule has 3 heteroatoms. The van der Waals surface area contributed by atoms with Crippen molar-refractivity contribution < 1.29 is 4.79 Å². The Hall–Kier alpha value is -0.570. The number of carbonyl (C=O) groups is 1. The lowest BCUT2D eigenvalue weighted by molar-refractivity contribution is -0.132. The number of rotatable bonds is 6. The summed E-state index contributed by atoms with van der Waals surface area (Å²) in [5, 5.41) is 3.51. The predicted molar refractivity (Wildman–Crippen MR) is 80.8 cm³/mol. The van der Waals surface area contributed by atoms with Gasteiger partial charge in [0.15, 0.2) is 0 Å². The smallest absolute Gasteiger partial charge is 0.241 e. The third-order valence-electron chi connectivity index (χ3n) is 4.59. The molecule has 3 nitrogen and oxygen atoms in total. The Morgan fingerprint density at radius 1 is 1.26 bits per heavy atom. The van der Waals surface area contributed by atoms with E-state index in [0.29, 0.717) is 17.7 Å². The second-order valence-corrected chi connectivity index (χ2v) is 7.38. The van der Waals surface area contributed by atoms with Gasteiger partial charge in [-0.3, -0.25) is 10.1 Å². The van der Waals surface area contributed by atoms with Gasteiger partial charge in [-0.2, -0.15) is 0 Å². The molecule has 0 radical (unpaired) electrons. The van der Waals surface area contributed by atoms with E-state index in [1.54, 1.807) is 0 Å². The molecule has 0 aromatic rings. The van der Waals surface area contributed by atoms with E-state index < -0.39 is 0 Å². The highest BCUT2D eigenvalue weighted by Gasteiger charge is 2.40. The van der Waals surface area contributed by atoms with Crippen molar-refractivity contribution in [3.8, 4) is 0 Å². The maximum Gasteiger partial charge on any atom is 0.241 e. The molecule has 1 aliphatic heterocycles. The van der Waals surface area contributed by atoms with Crippen molar-refractivity contribution >= 4 is 5.91 Å². The monoisotopic (exact) mass is 268 g/mol. The van der Waals surface area contributed by atoms with Crippen LogP contribution in [0.25, 0.3) is 0 Å². The van der Waals surface area contributed by atoms with E-state index in [2.05, 4.69) is 58.7 Å². The Morgan fingerprint density at radius 2 is 1.84 bits per heavy atom. The van der Waals surface area contributed by atoms with Gasteiger partial charge in [0.25, 0.3) is 0 Å². The summed E-state index contributed by atoms with van der Waals surface area (Å²) in [6.07, 6.45) is 2.14. The number of hydrogen-bond donors (Lipinski definition) is 1. The number of carbonyl (C=O) groups excluding carboxylic acids is 1. The molecule has 19 heavy (non-hydrogen) atoms. The zero-order valence-corrected chi connectivity index (χ0v) is 13.8. The summed E-state index contributed by atoms with van der Waals surface area (Å²) < 4.78 is 0. The van der Waals surface area contributed by atoms with E-state index in [4.69, 9.17) is 0 Å². The van der Waals surface area contributed by atoms with Crippen LogP contribution in [0.15, 0.2) is 0 Å². The summed E-state index contributed by atoms with van der Waals surface area (Å²) in [6.45, 7) is 16.4. The van der Waals surface area contributed by atoms with Crippen molar-refractivity contribution in [3.05, 3.63) is 0 Å². The highest BCUT2D eigenvalue weighted by atomic mass is 16.2. The van der Waals surface area contributed by atoms with Gasteiger partial charge in [0.1, 0.15) is 0 Å². The average molecular weight is 268 g/mol. The van der Waals surface area contributed by atoms with Crippen LogP contribution in [-0.4, -0.2) is 29.6 Å². The zero-order chi connectivity index (χ0) is 14.8. The number of nitrogens with zero attached hydrogens (tertiary/aromatic N) is 1. The molecule has 0 aromatic carbocycles. The summed E-state index contributed by atoms with van der Waals surface area (Å²) in [7, 11) is 0. The summed E-state index contributed by atoms with van der Waals surface area (Å²) in [5.41, 5.74) is 0.162. The molecule has 0 aliphatic carbocycles. The molecule has 1 heterocycles. The van der Waals surface area contributed by atoms with E-state index >= 15 is 0 Å². The van der Waals surface area contributed by atoms with Crippen LogP contribution in [0, 0.1) is 17.3 Å². The van der Waals surface area contributed by atoms with Crippen molar-refractivity contribution in [3.63, 3.8) is 0 Å². The van der Waals surface area contributed by atoms with Crippen molar-refractivity contribution in [1.29, 1.82) is 0 Å². The number of nitrogens with one attached hydrogen (secondary N) is 1. The summed E-state index contributed by atoms with van der Waals surface area (Å²) in [5.74, 6) is 1.47. The molecule has 0 spiro atoms. The average Bonchev–Trinajstić information content (AvgIpc) is 2.55. The van der Waals surface area contributed by atoms with E-state index in [-0.39, 0.29) is 17.6 Å². The fourth-order valence-corrected chi connectivity index (χ4v) is 2.49. The fraction of sp³-hybridized carbons (Fsp3) is 0.938. The van der Waals surface area contributed by atoms with Crippen LogP contribution in [0.2, 0.25) is 0 Å². The standard InChI is InChI=1S/C16H32N2O/c1-8-13-15(19)18(10-16(6,7)12(4)5)14(17-13)9-11(2)3/h11-14,17H,8-10H2,1-7H3. The van der Waals surface area contributed by atoms with Crippen LogP contribution in [0.3, 0.4) is 0 Å². The maximum absolute atomic E-state index is 12.5. The third-order valence-corrected chi connectivity index (χ3v) is 4.59. The Balaban J connectivity index is 2.83. The number of hydrogen-bond acceptors (Lipinski definition) is 2. The molecule has 112 valence electrons. The Kier molecular flexibility index (Phi) is 5.43. The quantitative estimate of drug-likeness (QED) is 0.802. The molecular formula is C16H32N2O. The van der Waals surface area contributed by atoms with Crippen LogP contribution in [0.1, 0.15) is 61.3 Å². The molecule has 1 N–H and O–H groups in total. The van der Waals surface area contributed by atoms with Gasteiger partial charge in [-0.1, -0.05) is 48.5 Å². The van der Waals surface area contributed by atoms with Gasteiger partial charge in [0.05, 0.1) is 12.2 Å². The highest BCUT2D eigenvalue weighted by Crippen LogP contribution is 2.30. The lowest BCUT2D eigenvalue weighted by Gasteiger charge is -2.36.